The lowest BCUT2D eigenvalue weighted by molar-refractivity contribution is -0.145. The van der Waals surface area contributed by atoms with Crippen molar-refractivity contribution < 1.29 is 19.1 Å². The molecule has 1 aromatic heterocycles. The normalized spacial score (nSPS) is 12.2. The van der Waals surface area contributed by atoms with Crippen molar-refractivity contribution in [3.8, 4) is 0 Å². The molecular weight excluding hydrogens is 420 g/mol. The van der Waals surface area contributed by atoms with E-state index in [9.17, 15) is 9.59 Å². The van der Waals surface area contributed by atoms with Crippen LogP contribution in [0.25, 0.3) is 10.9 Å². The number of nitrogens with zero attached hydrogens (tertiary/aromatic N) is 2. The van der Waals surface area contributed by atoms with Gasteiger partial charge in [0.15, 0.2) is 0 Å². The van der Waals surface area contributed by atoms with Crippen molar-refractivity contribution in [3.05, 3.63) is 59.9 Å². The second-order valence-electron chi connectivity index (χ2n) is 8.67. The van der Waals surface area contributed by atoms with Crippen LogP contribution in [0, 0.1) is 6.92 Å². The molecule has 0 aliphatic carbocycles. The van der Waals surface area contributed by atoms with Crippen molar-refractivity contribution in [2.75, 3.05) is 11.9 Å². The minimum absolute atomic E-state index is 0.223. The summed E-state index contributed by atoms with van der Waals surface area (Å²) in [5.41, 5.74) is 2.99. The van der Waals surface area contributed by atoms with Gasteiger partial charge in [-0.05, 0) is 63.9 Å². The summed E-state index contributed by atoms with van der Waals surface area (Å²) in [5, 5.41) is 6.92. The maximum Gasteiger partial charge on any atom is 0.408 e. The molecule has 8 nitrogen and oxygen atoms in total. The average Bonchev–Trinajstić information content (AvgIpc) is 2.74. The van der Waals surface area contributed by atoms with Crippen LogP contribution in [-0.2, 0) is 20.7 Å². The predicted molar refractivity (Wildman–Crippen MR) is 127 cm³/mol. The Kier molecular flexibility index (Phi) is 7.48. The zero-order valence-electron chi connectivity index (χ0n) is 19.6. The molecule has 2 aromatic carbocycles. The summed E-state index contributed by atoms with van der Waals surface area (Å²) in [7, 11) is 0. The van der Waals surface area contributed by atoms with Crippen LogP contribution in [0.2, 0.25) is 0 Å². The van der Waals surface area contributed by atoms with E-state index >= 15 is 0 Å². The van der Waals surface area contributed by atoms with Crippen molar-refractivity contribution in [2.45, 2.75) is 52.7 Å². The molecule has 0 saturated carbocycles. The van der Waals surface area contributed by atoms with E-state index in [1.54, 1.807) is 27.7 Å². The first-order chi connectivity index (χ1) is 15.7. The molecule has 3 rings (SSSR count). The number of ether oxygens (including phenoxy) is 2. The number of hydrogen-bond acceptors (Lipinski definition) is 7. The van der Waals surface area contributed by atoms with E-state index in [4.69, 9.17) is 9.47 Å². The highest BCUT2D eigenvalue weighted by molar-refractivity contribution is 5.93. The fourth-order valence-electron chi connectivity index (χ4n) is 3.36. The predicted octanol–water partition coefficient (Wildman–Crippen LogP) is 4.68. The Morgan fingerprint density at radius 2 is 1.79 bits per heavy atom. The Labute approximate surface area is 193 Å². The third-order valence-electron chi connectivity index (χ3n) is 4.79. The Balaban J connectivity index is 1.74. The Hall–Kier alpha value is -3.68. The molecule has 0 unspecified atom stereocenters. The number of benzene rings is 2. The van der Waals surface area contributed by atoms with Crippen LogP contribution in [0.15, 0.2) is 48.8 Å². The Morgan fingerprint density at radius 1 is 1.06 bits per heavy atom. The standard InChI is InChI=1S/C25H30N4O4/c1-6-32-23(30)20(29-24(31)33-25(3,4)5)14-17-10-12-18(13-11-17)28-22-21-16(2)8-7-9-19(21)26-15-27-22/h7-13,15,20H,6,14H2,1-5H3,(H,29,31)(H,26,27,28)/t20-/m0/s1. The lowest BCUT2D eigenvalue weighted by Crippen LogP contribution is -2.45. The number of carbonyl (C=O) groups is 2. The molecule has 0 spiro atoms. The summed E-state index contributed by atoms with van der Waals surface area (Å²) in [4.78, 5) is 33.3. The maximum atomic E-state index is 12.4. The molecule has 1 amide bonds. The van der Waals surface area contributed by atoms with E-state index in [0.29, 0.717) is 0 Å². The van der Waals surface area contributed by atoms with Crippen LogP contribution in [0.4, 0.5) is 16.3 Å². The van der Waals surface area contributed by atoms with Gasteiger partial charge in [0.05, 0.1) is 12.1 Å². The molecule has 0 saturated heterocycles. The number of alkyl carbamates (subject to hydrolysis) is 1. The summed E-state index contributed by atoms with van der Waals surface area (Å²) in [6.45, 7) is 9.26. The van der Waals surface area contributed by atoms with Crippen LogP contribution in [0.5, 0.6) is 0 Å². The van der Waals surface area contributed by atoms with Crippen LogP contribution in [-0.4, -0.2) is 40.3 Å². The smallest absolute Gasteiger partial charge is 0.408 e. The number of amides is 1. The average molecular weight is 451 g/mol. The lowest BCUT2D eigenvalue weighted by Gasteiger charge is -2.23. The monoisotopic (exact) mass is 450 g/mol. The second-order valence-corrected chi connectivity index (χ2v) is 8.67. The number of aromatic nitrogens is 2. The highest BCUT2D eigenvalue weighted by Gasteiger charge is 2.25. The first-order valence-electron chi connectivity index (χ1n) is 10.9. The van der Waals surface area contributed by atoms with Crippen molar-refractivity contribution in [1.29, 1.82) is 0 Å². The second kappa shape index (κ2) is 10.3. The van der Waals surface area contributed by atoms with Crippen molar-refractivity contribution >= 4 is 34.5 Å². The molecule has 0 bridgehead atoms. The van der Waals surface area contributed by atoms with E-state index < -0.39 is 23.7 Å². The van der Waals surface area contributed by atoms with Crippen LogP contribution in [0.3, 0.4) is 0 Å². The fraction of sp³-hybridized carbons (Fsp3) is 0.360. The van der Waals surface area contributed by atoms with E-state index in [0.717, 1.165) is 33.5 Å². The zero-order valence-corrected chi connectivity index (χ0v) is 19.6. The van der Waals surface area contributed by atoms with Crippen LogP contribution >= 0.6 is 0 Å². The summed E-state index contributed by atoms with van der Waals surface area (Å²) >= 11 is 0. The van der Waals surface area contributed by atoms with E-state index in [2.05, 4.69) is 20.6 Å². The zero-order chi connectivity index (χ0) is 24.0. The molecule has 1 heterocycles. The summed E-state index contributed by atoms with van der Waals surface area (Å²) in [6, 6.07) is 12.7. The van der Waals surface area contributed by atoms with Gasteiger partial charge in [0.2, 0.25) is 0 Å². The fourth-order valence-corrected chi connectivity index (χ4v) is 3.36. The molecule has 0 fully saturated rings. The molecule has 0 radical (unpaired) electrons. The van der Waals surface area contributed by atoms with Crippen molar-refractivity contribution in [2.24, 2.45) is 0 Å². The van der Waals surface area contributed by atoms with E-state index in [1.807, 2.05) is 49.4 Å². The number of fused-ring (bicyclic) bond motifs is 1. The number of hydrogen-bond donors (Lipinski definition) is 2. The number of carbonyl (C=O) groups excluding carboxylic acids is 2. The van der Waals surface area contributed by atoms with Crippen molar-refractivity contribution in [1.82, 2.24) is 15.3 Å². The van der Waals surface area contributed by atoms with Gasteiger partial charge in [-0.25, -0.2) is 19.6 Å². The van der Waals surface area contributed by atoms with Crippen molar-refractivity contribution in [3.63, 3.8) is 0 Å². The molecule has 0 aliphatic rings. The Morgan fingerprint density at radius 3 is 2.45 bits per heavy atom. The van der Waals surface area contributed by atoms with Gasteiger partial charge in [-0.15, -0.1) is 0 Å². The summed E-state index contributed by atoms with van der Waals surface area (Å²) in [6.07, 6.45) is 1.14. The van der Waals surface area contributed by atoms with Crippen LogP contribution < -0.4 is 10.6 Å². The summed E-state index contributed by atoms with van der Waals surface area (Å²) in [5.74, 6) is 0.218. The van der Waals surface area contributed by atoms with Gasteiger partial charge in [0.25, 0.3) is 0 Å². The summed E-state index contributed by atoms with van der Waals surface area (Å²) < 4.78 is 10.4. The van der Waals surface area contributed by atoms with Gasteiger partial charge >= 0.3 is 12.1 Å². The van der Waals surface area contributed by atoms with E-state index in [-0.39, 0.29) is 13.0 Å². The van der Waals surface area contributed by atoms with Gasteiger partial charge in [-0.3, -0.25) is 0 Å². The maximum absolute atomic E-state index is 12.4. The van der Waals surface area contributed by atoms with E-state index in [1.165, 1.54) is 6.33 Å². The molecule has 174 valence electrons. The molecule has 3 aromatic rings. The SMILES string of the molecule is CCOC(=O)[C@H](Cc1ccc(Nc2ncnc3cccc(C)c23)cc1)NC(=O)OC(C)(C)C. The number of esters is 1. The van der Waals surface area contributed by atoms with Gasteiger partial charge in [-0.2, -0.15) is 0 Å². The van der Waals surface area contributed by atoms with Gasteiger partial charge in [0.1, 0.15) is 23.8 Å². The molecule has 2 N–H and O–H groups in total. The first-order valence-corrected chi connectivity index (χ1v) is 10.9. The quantitative estimate of drug-likeness (QED) is 0.504. The highest BCUT2D eigenvalue weighted by Crippen LogP contribution is 2.26. The molecule has 0 aliphatic heterocycles. The van der Waals surface area contributed by atoms with Gasteiger partial charge in [-0.1, -0.05) is 24.3 Å². The number of anilines is 2. The first kappa shape index (κ1) is 24.0. The number of aryl methyl sites for hydroxylation is 1. The highest BCUT2D eigenvalue weighted by atomic mass is 16.6. The minimum Gasteiger partial charge on any atom is -0.464 e. The largest absolute Gasteiger partial charge is 0.464 e. The van der Waals surface area contributed by atoms with Gasteiger partial charge in [0, 0.05) is 17.5 Å². The topological polar surface area (TPSA) is 102 Å². The lowest BCUT2D eigenvalue weighted by atomic mass is 10.1. The number of rotatable bonds is 7. The molecular formula is C25H30N4O4. The minimum atomic E-state index is -0.855. The molecule has 33 heavy (non-hydrogen) atoms. The third kappa shape index (κ3) is 6.65. The van der Waals surface area contributed by atoms with Gasteiger partial charge < -0.3 is 20.1 Å². The Bertz CT molecular complexity index is 1120. The molecule has 8 heteroatoms. The van der Waals surface area contributed by atoms with Crippen LogP contribution in [0.1, 0.15) is 38.8 Å². The number of nitrogens with one attached hydrogen (secondary N) is 2. The molecule has 1 atom stereocenters. The third-order valence-corrected chi connectivity index (χ3v) is 4.79.